The van der Waals surface area contributed by atoms with Gasteiger partial charge >= 0.3 is 0 Å². The van der Waals surface area contributed by atoms with Crippen molar-refractivity contribution in [3.05, 3.63) is 84.1 Å². The Kier molecular flexibility index (Phi) is 5.07. The minimum Gasteiger partial charge on any atom is -0.508 e. The van der Waals surface area contributed by atoms with Gasteiger partial charge in [-0.3, -0.25) is 9.89 Å². The van der Waals surface area contributed by atoms with E-state index in [0.29, 0.717) is 23.5 Å². The van der Waals surface area contributed by atoms with Crippen LogP contribution in [0.15, 0.2) is 77.9 Å². The molecule has 1 aromatic heterocycles. The molecule has 0 atom stereocenters. The topological polar surface area (TPSA) is 90.4 Å². The summed E-state index contributed by atoms with van der Waals surface area (Å²) in [4.78, 5) is 12.5. The second-order valence-corrected chi connectivity index (χ2v) is 6.63. The first-order valence-electron chi connectivity index (χ1n) is 9.35. The summed E-state index contributed by atoms with van der Waals surface area (Å²) in [6.07, 6.45) is 0.635. The van der Waals surface area contributed by atoms with Gasteiger partial charge in [0.15, 0.2) is 0 Å². The molecular weight excluding hydrogens is 364 g/mol. The summed E-state index contributed by atoms with van der Waals surface area (Å²) in [5.41, 5.74) is 6.08. The minimum absolute atomic E-state index is 0.187. The third-order valence-electron chi connectivity index (χ3n) is 4.70. The van der Waals surface area contributed by atoms with Crippen molar-refractivity contribution < 1.29 is 9.90 Å². The Balaban J connectivity index is 1.52. The molecule has 6 heteroatoms. The van der Waals surface area contributed by atoms with Crippen molar-refractivity contribution in [2.24, 2.45) is 5.10 Å². The highest BCUT2D eigenvalue weighted by atomic mass is 16.3. The molecule has 29 heavy (non-hydrogen) atoms. The van der Waals surface area contributed by atoms with Crippen molar-refractivity contribution >= 4 is 22.4 Å². The molecule has 144 valence electrons. The van der Waals surface area contributed by atoms with Gasteiger partial charge in [0.2, 0.25) is 0 Å². The third-order valence-corrected chi connectivity index (χ3v) is 4.70. The highest BCUT2D eigenvalue weighted by Gasteiger charge is 2.12. The average Bonchev–Trinajstić information content (AvgIpc) is 3.25. The number of carbonyl (C=O) groups excluding carboxylic acids is 1. The number of hydrogen-bond acceptors (Lipinski definition) is 4. The van der Waals surface area contributed by atoms with Gasteiger partial charge in [-0.25, -0.2) is 5.43 Å². The number of phenolic OH excluding ortho intramolecular Hbond substituents is 1. The van der Waals surface area contributed by atoms with Crippen molar-refractivity contribution in [2.45, 2.75) is 13.3 Å². The standard InChI is InChI=1S/C23H20N4O2/c1-2-20(16-9-11-19(28)12-10-16)24-27-23(29)22-14-21(25-26-22)18-8-7-15-5-3-4-6-17(15)13-18/h3-14,28H,2H2,1H3,(H,25,26)(H,27,29)/b24-20+. The predicted molar refractivity (Wildman–Crippen MR) is 114 cm³/mol. The van der Waals surface area contributed by atoms with E-state index in [-0.39, 0.29) is 11.7 Å². The first-order valence-corrected chi connectivity index (χ1v) is 9.35. The maximum atomic E-state index is 12.5. The van der Waals surface area contributed by atoms with Gasteiger partial charge in [-0.15, -0.1) is 0 Å². The Labute approximate surface area is 167 Å². The fraction of sp³-hybridized carbons (Fsp3) is 0.0870. The monoisotopic (exact) mass is 384 g/mol. The van der Waals surface area contributed by atoms with E-state index in [0.717, 1.165) is 21.9 Å². The Morgan fingerprint density at radius 3 is 2.55 bits per heavy atom. The van der Waals surface area contributed by atoms with Crippen molar-refractivity contribution in [1.82, 2.24) is 15.6 Å². The number of hydrazone groups is 1. The Bertz CT molecular complexity index is 1190. The van der Waals surface area contributed by atoms with Crippen LogP contribution >= 0.6 is 0 Å². The summed E-state index contributed by atoms with van der Waals surface area (Å²) >= 11 is 0. The molecule has 0 saturated heterocycles. The first kappa shape index (κ1) is 18.4. The highest BCUT2D eigenvalue weighted by molar-refractivity contribution is 6.02. The smallest absolute Gasteiger partial charge is 0.289 e. The van der Waals surface area contributed by atoms with Crippen LogP contribution in [-0.4, -0.2) is 26.9 Å². The van der Waals surface area contributed by atoms with Gasteiger partial charge < -0.3 is 5.11 Å². The molecule has 1 heterocycles. The lowest BCUT2D eigenvalue weighted by Gasteiger charge is -2.04. The van der Waals surface area contributed by atoms with Gasteiger partial charge in [0.05, 0.1) is 11.4 Å². The molecule has 0 radical (unpaired) electrons. The van der Waals surface area contributed by atoms with Crippen molar-refractivity contribution in [3.8, 4) is 17.0 Å². The highest BCUT2D eigenvalue weighted by Crippen LogP contribution is 2.23. The molecule has 4 aromatic rings. The number of phenols is 1. The molecule has 3 N–H and O–H groups in total. The van der Waals surface area contributed by atoms with Crippen LogP contribution in [0.25, 0.3) is 22.0 Å². The van der Waals surface area contributed by atoms with Crippen LogP contribution in [0.3, 0.4) is 0 Å². The summed E-state index contributed by atoms with van der Waals surface area (Å²) in [6, 6.07) is 22.6. The summed E-state index contributed by atoms with van der Waals surface area (Å²) in [6.45, 7) is 1.95. The van der Waals surface area contributed by atoms with Crippen LogP contribution in [0.5, 0.6) is 5.75 Å². The van der Waals surface area contributed by atoms with Gasteiger partial charge in [0, 0.05) is 5.56 Å². The number of benzene rings is 3. The third kappa shape index (κ3) is 4.01. The van der Waals surface area contributed by atoms with Crippen LogP contribution in [0.2, 0.25) is 0 Å². The summed E-state index contributed by atoms with van der Waals surface area (Å²) in [5.74, 6) is -0.179. The van der Waals surface area contributed by atoms with Gasteiger partial charge in [-0.2, -0.15) is 10.2 Å². The molecule has 3 aromatic carbocycles. The van der Waals surface area contributed by atoms with Gasteiger partial charge in [0.25, 0.3) is 5.91 Å². The van der Waals surface area contributed by atoms with Crippen molar-refractivity contribution in [2.75, 3.05) is 0 Å². The molecule has 0 fully saturated rings. The molecule has 0 aliphatic heterocycles. The fourth-order valence-corrected chi connectivity index (χ4v) is 3.11. The lowest BCUT2D eigenvalue weighted by molar-refractivity contribution is 0.0950. The minimum atomic E-state index is -0.366. The number of nitrogens with zero attached hydrogens (tertiary/aromatic N) is 2. The summed E-state index contributed by atoms with van der Waals surface area (Å²) in [5, 5.41) is 23.0. The summed E-state index contributed by atoms with van der Waals surface area (Å²) < 4.78 is 0. The number of nitrogens with one attached hydrogen (secondary N) is 2. The number of H-pyrrole nitrogens is 1. The lowest BCUT2D eigenvalue weighted by Crippen LogP contribution is -2.20. The van der Waals surface area contributed by atoms with Gasteiger partial charge in [-0.05, 0) is 59.2 Å². The Morgan fingerprint density at radius 1 is 1.03 bits per heavy atom. The quantitative estimate of drug-likeness (QED) is 0.350. The molecular formula is C23H20N4O2. The molecule has 0 saturated carbocycles. The van der Waals surface area contributed by atoms with E-state index >= 15 is 0 Å². The van der Waals surface area contributed by atoms with E-state index in [1.54, 1.807) is 30.3 Å². The molecule has 4 rings (SSSR count). The maximum absolute atomic E-state index is 12.5. The van der Waals surface area contributed by atoms with E-state index in [2.05, 4.69) is 26.8 Å². The molecule has 0 spiro atoms. The fourth-order valence-electron chi connectivity index (χ4n) is 3.11. The van der Waals surface area contributed by atoms with Crippen LogP contribution in [-0.2, 0) is 0 Å². The van der Waals surface area contributed by atoms with Crippen LogP contribution in [0, 0.1) is 0 Å². The number of rotatable bonds is 5. The number of aromatic amines is 1. The van der Waals surface area contributed by atoms with Crippen LogP contribution in [0.1, 0.15) is 29.4 Å². The maximum Gasteiger partial charge on any atom is 0.289 e. The number of amides is 1. The van der Waals surface area contributed by atoms with Crippen LogP contribution in [0.4, 0.5) is 0 Å². The zero-order valence-electron chi connectivity index (χ0n) is 15.9. The van der Waals surface area contributed by atoms with E-state index in [1.807, 2.05) is 43.3 Å². The number of carbonyl (C=O) groups is 1. The predicted octanol–water partition coefficient (Wildman–Crippen LogP) is 4.48. The van der Waals surface area contributed by atoms with Gasteiger partial charge in [0.1, 0.15) is 11.4 Å². The van der Waals surface area contributed by atoms with E-state index in [4.69, 9.17) is 0 Å². The van der Waals surface area contributed by atoms with Crippen molar-refractivity contribution in [1.29, 1.82) is 0 Å². The molecule has 0 aliphatic carbocycles. The van der Waals surface area contributed by atoms with Crippen molar-refractivity contribution in [3.63, 3.8) is 0 Å². The zero-order valence-corrected chi connectivity index (χ0v) is 15.9. The molecule has 1 amide bonds. The average molecular weight is 384 g/mol. The second kappa shape index (κ2) is 7.98. The molecule has 0 aliphatic rings. The van der Waals surface area contributed by atoms with E-state index in [9.17, 15) is 9.90 Å². The molecule has 0 unspecified atom stereocenters. The number of fused-ring (bicyclic) bond motifs is 1. The largest absolute Gasteiger partial charge is 0.508 e. The number of aromatic hydroxyl groups is 1. The number of hydrogen-bond donors (Lipinski definition) is 3. The van der Waals surface area contributed by atoms with E-state index < -0.39 is 0 Å². The molecule has 0 bridgehead atoms. The normalized spacial score (nSPS) is 11.6. The second-order valence-electron chi connectivity index (χ2n) is 6.63. The Hall–Kier alpha value is -3.93. The van der Waals surface area contributed by atoms with Gasteiger partial charge in [-0.1, -0.05) is 43.3 Å². The zero-order chi connectivity index (χ0) is 20.2. The number of aromatic nitrogens is 2. The lowest BCUT2D eigenvalue weighted by atomic mass is 10.1. The first-order chi connectivity index (χ1) is 14.1. The molecule has 6 nitrogen and oxygen atoms in total. The Morgan fingerprint density at radius 2 is 1.79 bits per heavy atom. The summed E-state index contributed by atoms with van der Waals surface area (Å²) in [7, 11) is 0. The van der Waals surface area contributed by atoms with Crippen LogP contribution < -0.4 is 5.43 Å². The SMILES string of the molecule is CC/C(=N\NC(=O)c1cc(-c2ccc3ccccc3c2)n[nH]1)c1ccc(O)cc1. The van der Waals surface area contributed by atoms with E-state index in [1.165, 1.54) is 0 Å².